The molecule has 7 heteroatoms. The van der Waals surface area contributed by atoms with Crippen LogP contribution in [0.25, 0.3) is 10.6 Å². The molecule has 1 aromatic carbocycles. The van der Waals surface area contributed by atoms with Crippen LogP contribution in [0.3, 0.4) is 0 Å². The Morgan fingerprint density at radius 3 is 2.71 bits per heavy atom. The molecule has 2 heterocycles. The highest BCUT2D eigenvalue weighted by atomic mass is 32.1. The minimum Gasteiger partial charge on any atom is -0.496 e. The Morgan fingerprint density at radius 1 is 1.29 bits per heavy atom. The van der Waals surface area contributed by atoms with Gasteiger partial charge in [-0.25, -0.2) is 9.67 Å². The predicted molar refractivity (Wildman–Crippen MR) is 113 cm³/mol. The SMILES string of the molecule is COc1ccccc1[C@H](C)N(C)Cc1csc(-c2c(C)c(C)nn(C)c2=O)n1. The summed E-state index contributed by atoms with van der Waals surface area (Å²) >= 11 is 1.50. The smallest absolute Gasteiger partial charge is 0.277 e. The second-order valence-corrected chi connectivity index (χ2v) is 7.85. The third-order valence-corrected chi connectivity index (χ3v) is 6.06. The van der Waals surface area contributed by atoms with Gasteiger partial charge in [0.2, 0.25) is 0 Å². The van der Waals surface area contributed by atoms with E-state index in [2.05, 4.69) is 30.0 Å². The highest BCUT2D eigenvalue weighted by Gasteiger charge is 2.19. The van der Waals surface area contributed by atoms with E-state index in [1.54, 1.807) is 14.2 Å². The Balaban J connectivity index is 1.85. The van der Waals surface area contributed by atoms with Crippen molar-refractivity contribution >= 4 is 11.3 Å². The van der Waals surface area contributed by atoms with Crippen LogP contribution in [0.15, 0.2) is 34.4 Å². The lowest BCUT2D eigenvalue weighted by molar-refractivity contribution is 0.245. The van der Waals surface area contributed by atoms with E-state index >= 15 is 0 Å². The van der Waals surface area contributed by atoms with Gasteiger partial charge in [-0.1, -0.05) is 18.2 Å². The molecule has 0 aliphatic heterocycles. The van der Waals surface area contributed by atoms with Crippen molar-refractivity contribution in [2.24, 2.45) is 7.05 Å². The number of ether oxygens (including phenoxy) is 1. The number of thiazole rings is 1. The van der Waals surface area contributed by atoms with E-state index in [4.69, 9.17) is 9.72 Å². The van der Waals surface area contributed by atoms with Gasteiger partial charge in [0.1, 0.15) is 10.8 Å². The Kier molecular flexibility index (Phi) is 5.96. The first-order valence-electron chi connectivity index (χ1n) is 9.16. The molecule has 28 heavy (non-hydrogen) atoms. The second kappa shape index (κ2) is 8.24. The van der Waals surface area contributed by atoms with Crippen molar-refractivity contribution in [2.45, 2.75) is 33.4 Å². The summed E-state index contributed by atoms with van der Waals surface area (Å²) in [6, 6.07) is 8.22. The summed E-state index contributed by atoms with van der Waals surface area (Å²) in [5.41, 5.74) is 4.35. The molecule has 0 saturated carbocycles. The molecule has 3 aromatic rings. The Hall–Kier alpha value is -2.51. The average molecular weight is 399 g/mol. The lowest BCUT2D eigenvalue weighted by Gasteiger charge is -2.25. The highest BCUT2D eigenvalue weighted by Crippen LogP contribution is 2.30. The van der Waals surface area contributed by atoms with Crippen LogP contribution < -0.4 is 10.3 Å². The molecule has 0 aliphatic rings. The first-order valence-corrected chi connectivity index (χ1v) is 10.0. The van der Waals surface area contributed by atoms with Gasteiger partial charge >= 0.3 is 0 Å². The van der Waals surface area contributed by atoms with E-state index in [-0.39, 0.29) is 11.6 Å². The molecule has 0 spiro atoms. The maximum atomic E-state index is 12.6. The third-order valence-electron chi connectivity index (χ3n) is 5.15. The zero-order chi connectivity index (χ0) is 20.4. The van der Waals surface area contributed by atoms with Crippen LogP contribution in [0.4, 0.5) is 0 Å². The molecule has 0 unspecified atom stereocenters. The highest BCUT2D eigenvalue weighted by molar-refractivity contribution is 7.13. The van der Waals surface area contributed by atoms with E-state index in [1.807, 2.05) is 37.4 Å². The van der Waals surface area contributed by atoms with Crippen LogP contribution >= 0.6 is 11.3 Å². The summed E-state index contributed by atoms with van der Waals surface area (Å²) in [6.07, 6.45) is 0. The zero-order valence-electron chi connectivity index (χ0n) is 17.2. The summed E-state index contributed by atoms with van der Waals surface area (Å²) in [6.45, 7) is 6.67. The molecule has 0 fully saturated rings. The minimum absolute atomic E-state index is 0.111. The van der Waals surface area contributed by atoms with Crippen LogP contribution in [0.5, 0.6) is 5.75 Å². The van der Waals surface area contributed by atoms with Crippen molar-refractivity contribution < 1.29 is 4.74 Å². The average Bonchev–Trinajstić information content (AvgIpc) is 3.14. The molecule has 2 aromatic heterocycles. The van der Waals surface area contributed by atoms with Gasteiger partial charge in [-0.05, 0) is 39.4 Å². The second-order valence-electron chi connectivity index (χ2n) is 6.99. The summed E-state index contributed by atoms with van der Waals surface area (Å²) in [5, 5.41) is 7.02. The van der Waals surface area contributed by atoms with Crippen LogP contribution in [0.1, 0.15) is 35.5 Å². The normalized spacial score (nSPS) is 12.4. The van der Waals surface area contributed by atoms with Gasteiger partial charge < -0.3 is 4.74 Å². The molecule has 0 saturated heterocycles. The predicted octanol–water partition coefficient (Wildman–Crippen LogP) is 3.72. The molecule has 0 radical (unpaired) electrons. The first-order chi connectivity index (χ1) is 13.3. The number of hydrogen-bond acceptors (Lipinski definition) is 6. The van der Waals surface area contributed by atoms with Crippen LogP contribution in [-0.4, -0.2) is 33.8 Å². The Labute approximate surface area is 169 Å². The standard InChI is InChI=1S/C21H26N4O2S/c1-13-14(2)23-25(5)21(26)19(13)20-22-16(12-28-20)11-24(4)15(3)17-9-7-8-10-18(17)27-6/h7-10,12,15H,11H2,1-6H3/t15-/m0/s1. The summed E-state index contributed by atoms with van der Waals surface area (Å²) in [4.78, 5) is 19.5. The molecule has 0 aliphatic carbocycles. The number of hydrogen-bond donors (Lipinski definition) is 0. The van der Waals surface area contributed by atoms with Crippen LogP contribution in [0, 0.1) is 13.8 Å². The molecule has 3 rings (SSSR count). The Morgan fingerprint density at radius 2 is 2.00 bits per heavy atom. The molecular weight excluding hydrogens is 372 g/mol. The first kappa shape index (κ1) is 20.2. The molecule has 0 N–H and O–H groups in total. The van der Waals surface area contributed by atoms with E-state index < -0.39 is 0 Å². The molecule has 1 atom stereocenters. The largest absolute Gasteiger partial charge is 0.496 e. The maximum absolute atomic E-state index is 12.6. The van der Waals surface area contributed by atoms with Gasteiger partial charge in [0.25, 0.3) is 5.56 Å². The molecule has 0 amide bonds. The van der Waals surface area contributed by atoms with Gasteiger partial charge in [0, 0.05) is 30.6 Å². The molecular formula is C21H26N4O2S. The third kappa shape index (κ3) is 3.86. The number of benzene rings is 1. The molecule has 6 nitrogen and oxygen atoms in total. The minimum atomic E-state index is -0.111. The topological polar surface area (TPSA) is 60.2 Å². The lowest BCUT2D eigenvalue weighted by atomic mass is 10.1. The van der Waals surface area contributed by atoms with Crippen molar-refractivity contribution in [3.63, 3.8) is 0 Å². The van der Waals surface area contributed by atoms with Gasteiger partial charge in [-0.2, -0.15) is 5.10 Å². The van der Waals surface area contributed by atoms with Gasteiger partial charge in [-0.15, -0.1) is 11.3 Å². The van der Waals surface area contributed by atoms with Crippen molar-refractivity contribution in [3.05, 3.63) is 62.5 Å². The van der Waals surface area contributed by atoms with Gasteiger partial charge in [0.15, 0.2) is 0 Å². The lowest BCUT2D eigenvalue weighted by Crippen LogP contribution is -2.24. The van der Waals surface area contributed by atoms with Crippen molar-refractivity contribution in [1.82, 2.24) is 19.7 Å². The van der Waals surface area contributed by atoms with E-state index in [0.29, 0.717) is 12.1 Å². The van der Waals surface area contributed by atoms with Crippen molar-refractivity contribution in [1.29, 1.82) is 0 Å². The summed E-state index contributed by atoms with van der Waals surface area (Å²) in [7, 11) is 5.43. The number of rotatable bonds is 6. The van der Waals surface area contributed by atoms with Crippen LogP contribution in [0.2, 0.25) is 0 Å². The fourth-order valence-electron chi connectivity index (χ4n) is 3.24. The van der Waals surface area contributed by atoms with Gasteiger partial charge in [-0.3, -0.25) is 9.69 Å². The number of methoxy groups -OCH3 is 1. The summed E-state index contributed by atoms with van der Waals surface area (Å²) in [5.74, 6) is 0.882. The monoisotopic (exact) mass is 398 g/mol. The number of aryl methyl sites for hydroxylation is 2. The fourth-order valence-corrected chi connectivity index (χ4v) is 4.14. The van der Waals surface area contributed by atoms with Crippen LogP contribution in [-0.2, 0) is 13.6 Å². The number of nitrogens with zero attached hydrogens (tertiary/aromatic N) is 4. The molecule has 148 valence electrons. The van der Waals surface area contributed by atoms with E-state index in [9.17, 15) is 4.79 Å². The summed E-state index contributed by atoms with van der Waals surface area (Å²) < 4.78 is 6.88. The van der Waals surface area contributed by atoms with E-state index in [0.717, 1.165) is 33.3 Å². The van der Waals surface area contributed by atoms with Crippen molar-refractivity contribution in [2.75, 3.05) is 14.2 Å². The molecule has 0 bridgehead atoms. The fraction of sp³-hybridized carbons (Fsp3) is 0.381. The van der Waals surface area contributed by atoms with Crippen molar-refractivity contribution in [3.8, 4) is 16.3 Å². The number of para-hydroxylation sites is 1. The van der Waals surface area contributed by atoms with E-state index in [1.165, 1.54) is 16.0 Å². The quantitative estimate of drug-likeness (QED) is 0.633. The Bertz CT molecular complexity index is 1040. The van der Waals surface area contributed by atoms with Gasteiger partial charge in [0.05, 0.1) is 24.1 Å². The number of aromatic nitrogens is 3. The zero-order valence-corrected chi connectivity index (χ0v) is 18.0. The maximum Gasteiger partial charge on any atom is 0.277 e.